The van der Waals surface area contributed by atoms with Crippen LogP contribution in [0.2, 0.25) is 0 Å². The number of amides is 1. The Morgan fingerprint density at radius 1 is 1.30 bits per heavy atom. The fourth-order valence-electron chi connectivity index (χ4n) is 2.62. The highest BCUT2D eigenvalue weighted by atomic mass is 16.5. The topological polar surface area (TPSA) is 64.8 Å². The molecule has 1 heterocycles. The molecular weight excluding hydrogens is 256 g/mol. The number of primary amides is 1. The molecule has 1 saturated heterocycles. The molecular formula is C15H22N2O3. The van der Waals surface area contributed by atoms with Crippen LogP contribution >= 0.6 is 0 Å². The molecule has 0 aliphatic carbocycles. The quantitative estimate of drug-likeness (QED) is 0.884. The summed E-state index contributed by atoms with van der Waals surface area (Å²) >= 11 is 0. The molecule has 5 heteroatoms. The normalized spacial score (nSPS) is 16.9. The minimum absolute atomic E-state index is 0.0263. The van der Waals surface area contributed by atoms with E-state index < -0.39 is 0 Å². The van der Waals surface area contributed by atoms with Gasteiger partial charge in [0.1, 0.15) is 11.5 Å². The Balaban J connectivity index is 2.01. The summed E-state index contributed by atoms with van der Waals surface area (Å²) in [6.45, 7) is 2.56. The maximum atomic E-state index is 11.2. The van der Waals surface area contributed by atoms with Crippen molar-refractivity contribution in [1.82, 2.24) is 4.90 Å². The highest BCUT2D eigenvalue weighted by molar-refractivity contribution is 5.76. The number of piperidine rings is 1. The van der Waals surface area contributed by atoms with E-state index in [1.165, 1.54) is 0 Å². The van der Waals surface area contributed by atoms with E-state index in [9.17, 15) is 4.79 Å². The van der Waals surface area contributed by atoms with Gasteiger partial charge in [0.05, 0.1) is 14.2 Å². The summed E-state index contributed by atoms with van der Waals surface area (Å²) in [6.07, 6.45) is 1.67. The molecule has 1 aromatic carbocycles. The minimum Gasteiger partial charge on any atom is -0.497 e. The van der Waals surface area contributed by atoms with E-state index in [0.717, 1.165) is 49.5 Å². The number of nitrogens with zero attached hydrogens (tertiary/aromatic N) is 1. The van der Waals surface area contributed by atoms with Gasteiger partial charge in [0.25, 0.3) is 0 Å². The molecule has 0 spiro atoms. The summed E-state index contributed by atoms with van der Waals surface area (Å²) in [7, 11) is 3.33. The van der Waals surface area contributed by atoms with Gasteiger partial charge in [0.15, 0.2) is 0 Å². The van der Waals surface area contributed by atoms with Crippen molar-refractivity contribution in [3.8, 4) is 11.5 Å². The van der Waals surface area contributed by atoms with Crippen LogP contribution in [0.25, 0.3) is 0 Å². The van der Waals surface area contributed by atoms with Crippen molar-refractivity contribution < 1.29 is 14.3 Å². The van der Waals surface area contributed by atoms with Crippen LogP contribution in [0.5, 0.6) is 11.5 Å². The van der Waals surface area contributed by atoms with Crippen LogP contribution in [-0.4, -0.2) is 38.1 Å². The van der Waals surface area contributed by atoms with Gasteiger partial charge in [0, 0.05) is 18.0 Å². The molecule has 5 nitrogen and oxygen atoms in total. The first-order valence-electron chi connectivity index (χ1n) is 6.86. The van der Waals surface area contributed by atoms with Gasteiger partial charge >= 0.3 is 0 Å². The summed E-state index contributed by atoms with van der Waals surface area (Å²) < 4.78 is 10.6. The number of hydrogen-bond acceptors (Lipinski definition) is 4. The van der Waals surface area contributed by atoms with Crippen LogP contribution in [-0.2, 0) is 11.3 Å². The zero-order valence-electron chi connectivity index (χ0n) is 12.1. The average Bonchev–Trinajstić information content (AvgIpc) is 2.47. The Bertz CT molecular complexity index is 468. The van der Waals surface area contributed by atoms with Crippen LogP contribution in [0.4, 0.5) is 0 Å². The van der Waals surface area contributed by atoms with Crippen molar-refractivity contribution in [2.75, 3.05) is 27.3 Å². The van der Waals surface area contributed by atoms with Gasteiger partial charge in [-0.2, -0.15) is 0 Å². The summed E-state index contributed by atoms with van der Waals surface area (Å²) in [5.41, 5.74) is 6.46. The molecule has 2 rings (SSSR count). The van der Waals surface area contributed by atoms with E-state index in [-0.39, 0.29) is 11.8 Å². The second-order valence-electron chi connectivity index (χ2n) is 5.13. The fourth-order valence-corrected chi connectivity index (χ4v) is 2.62. The zero-order valence-corrected chi connectivity index (χ0v) is 12.1. The molecule has 20 heavy (non-hydrogen) atoms. The Morgan fingerprint density at radius 3 is 2.55 bits per heavy atom. The van der Waals surface area contributed by atoms with Crippen LogP contribution in [0.15, 0.2) is 18.2 Å². The summed E-state index contributed by atoms with van der Waals surface area (Å²) in [4.78, 5) is 13.5. The third-order valence-electron chi connectivity index (χ3n) is 3.87. The Morgan fingerprint density at radius 2 is 2.00 bits per heavy atom. The molecule has 0 aromatic heterocycles. The van der Waals surface area contributed by atoms with E-state index in [4.69, 9.17) is 15.2 Å². The van der Waals surface area contributed by atoms with E-state index in [1.54, 1.807) is 14.2 Å². The molecule has 1 amide bonds. The lowest BCUT2D eigenvalue weighted by Crippen LogP contribution is -2.38. The predicted octanol–water partition coefficient (Wildman–Crippen LogP) is 1.40. The van der Waals surface area contributed by atoms with E-state index in [2.05, 4.69) is 4.90 Å². The van der Waals surface area contributed by atoms with Crippen molar-refractivity contribution in [2.45, 2.75) is 19.4 Å². The number of likely N-dealkylation sites (tertiary alicyclic amines) is 1. The van der Waals surface area contributed by atoms with Crippen LogP contribution < -0.4 is 15.2 Å². The number of benzene rings is 1. The van der Waals surface area contributed by atoms with Gasteiger partial charge < -0.3 is 15.2 Å². The number of methoxy groups -OCH3 is 2. The highest BCUT2D eigenvalue weighted by Gasteiger charge is 2.23. The molecule has 0 radical (unpaired) electrons. The Labute approximate surface area is 119 Å². The zero-order chi connectivity index (χ0) is 14.5. The lowest BCUT2D eigenvalue weighted by Gasteiger charge is -2.30. The second kappa shape index (κ2) is 6.61. The highest BCUT2D eigenvalue weighted by Crippen LogP contribution is 2.27. The molecule has 2 N–H and O–H groups in total. The number of carbonyl (C=O) groups is 1. The molecule has 1 aliphatic heterocycles. The molecule has 110 valence electrons. The largest absolute Gasteiger partial charge is 0.497 e. The fraction of sp³-hybridized carbons (Fsp3) is 0.533. The Hall–Kier alpha value is -1.75. The van der Waals surface area contributed by atoms with Gasteiger partial charge in [-0.3, -0.25) is 9.69 Å². The van der Waals surface area contributed by atoms with Gasteiger partial charge in [-0.1, -0.05) is 0 Å². The molecule has 0 unspecified atom stereocenters. The Kier molecular flexibility index (Phi) is 4.84. The van der Waals surface area contributed by atoms with Crippen LogP contribution in [0.1, 0.15) is 18.4 Å². The first kappa shape index (κ1) is 14.7. The monoisotopic (exact) mass is 278 g/mol. The SMILES string of the molecule is COc1ccc(OC)c(CN2CCC(C(N)=O)CC2)c1. The van der Waals surface area contributed by atoms with E-state index in [1.807, 2.05) is 18.2 Å². The van der Waals surface area contributed by atoms with E-state index in [0.29, 0.717) is 0 Å². The number of carbonyl (C=O) groups excluding carboxylic acids is 1. The van der Waals surface area contributed by atoms with Gasteiger partial charge in [0.2, 0.25) is 5.91 Å². The second-order valence-corrected chi connectivity index (χ2v) is 5.13. The first-order valence-corrected chi connectivity index (χ1v) is 6.86. The molecule has 1 aliphatic rings. The lowest BCUT2D eigenvalue weighted by molar-refractivity contribution is -0.123. The van der Waals surface area contributed by atoms with Crippen molar-refractivity contribution in [3.05, 3.63) is 23.8 Å². The number of hydrogen-bond donors (Lipinski definition) is 1. The van der Waals surface area contributed by atoms with E-state index >= 15 is 0 Å². The molecule has 0 bridgehead atoms. The van der Waals surface area contributed by atoms with Gasteiger partial charge in [-0.25, -0.2) is 0 Å². The van der Waals surface area contributed by atoms with Gasteiger partial charge in [-0.15, -0.1) is 0 Å². The van der Waals surface area contributed by atoms with Gasteiger partial charge in [-0.05, 0) is 44.1 Å². The predicted molar refractivity (Wildman–Crippen MR) is 76.7 cm³/mol. The number of rotatable bonds is 5. The third-order valence-corrected chi connectivity index (χ3v) is 3.87. The maximum absolute atomic E-state index is 11.2. The standard InChI is InChI=1S/C15H22N2O3/c1-19-13-3-4-14(20-2)12(9-13)10-17-7-5-11(6-8-17)15(16)18/h3-4,9,11H,5-8,10H2,1-2H3,(H2,16,18). The summed E-state index contributed by atoms with van der Waals surface area (Å²) in [5.74, 6) is 1.54. The van der Waals surface area contributed by atoms with Crippen molar-refractivity contribution in [2.24, 2.45) is 11.7 Å². The molecule has 0 saturated carbocycles. The molecule has 1 aromatic rings. The number of ether oxygens (including phenoxy) is 2. The molecule has 1 fully saturated rings. The average molecular weight is 278 g/mol. The molecule has 0 atom stereocenters. The number of nitrogens with two attached hydrogens (primary N) is 1. The smallest absolute Gasteiger partial charge is 0.220 e. The summed E-state index contributed by atoms with van der Waals surface area (Å²) in [6, 6.07) is 5.81. The van der Waals surface area contributed by atoms with Crippen molar-refractivity contribution in [3.63, 3.8) is 0 Å². The third kappa shape index (κ3) is 3.42. The van der Waals surface area contributed by atoms with Crippen molar-refractivity contribution in [1.29, 1.82) is 0 Å². The maximum Gasteiger partial charge on any atom is 0.220 e. The minimum atomic E-state index is -0.177. The lowest BCUT2D eigenvalue weighted by atomic mass is 9.96. The summed E-state index contributed by atoms with van der Waals surface area (Å²) in [5, 5.41) is 0. The van der Waals surface area contributed by atoms with Crippen molar-refractivity contribution >= 4 is 5.91 Å². The van der Waals surface area contributed by atoms with Crippen LogP contribution in [0, 0.1) is 5.92 Å². The van der Waals surface area contributed by atoms with Crippen LogP contribution in [0.3, 0.4) is 0 Å². The first-order chi connectivity index (χ1) is 9.63.